The molecule has 0 saturated carbocycles. The summed E-state index contributed by atoms with van der Waals surface area (Å²) in [5, 5.41) is 1.97. The Morgan fingerprint density at radius 2 is 1.79 bits per heavy atom. The van der Waals surface area contributed by atoms with E-state index in [-0.39, 0.29) is 0 Å². The number of anilines is 1. The maximum Gasteiger partial charge on any atom is 0.0460 e. The maximum absolute atomic E-state index is 6.16. The van der Waals surface area contributed by atoms with Gasteiger partial charge in [0.25, 0.3) is 0 Å². The quantitative estimate of drug-likeness (QED) is 0.724. The predicted molar refractivity (Wildman–Crippen MR) is 83.1 cm³/mol. The molecule has 1 aromatic heterocycles. The molecule has 0 unspecified atom stereocenters. The van der Waals surface area contributed by atoms with Gasteiger partial charge in [-0.05, 0) is 24.3 Å². The van der Waals surface area contributed by atoms with Crippen molar-refractivity contribution in [3.63, 3.8) is 0 Å². The minimum absolute atomic E-state index is 0.755. The van der Waals surface area contributed by atoms with Crippen molar-refractivity contribution in [3.8, 4) is 11.1 Å². The minimum Gasteiger partial charge on any atom is -0.377 e. The van der Waals surface area contributed by atoms with Crippen molar-refractivity contribution >= 4 is 28.2 Å². The standard InChI is InChI=1S/C16H15ClN2/c1-19(2)16-8-7-11(17)9-13(16)14-10-18-15-6-4-3-5-12(14)15/h3-10,18H,1-2H3. The molecule has 3 rings (SSSR count). The van der Waals surface area contributed by atoms with Gasteiger partial charge in [0.2, 0.25) is 0 Å². The number of aromatic nitrogens is 1. The number of nitrogens with one attached hydrogen (secondary N) is 1. The molecule has 2 nitrogen and oxygen atoms in total. The van der Waals surface area contributed by atoms with Crippen LogP contribution >= 0.6 is 11.6 Å². The smallest absolute Gasteiger partial charge is 0.0460 e. The van der Waals surface area contributed by atoms with Gasteiger partial charge in [-0.3, -0.25) is 0 Å². The van der Waals surface area contributed by atoms with E-state index >= 15 is 0 Å². The van der Waals surface area contributed by atoms with Crippen molar-refractivity contribution in [2.24, 2.45) is 0 Å². The Labute approximate surface area is 117 Å². The predicted octanol–water partition coefficient (Wildman–Crippen LogP) is 4.55. The van der Waals surface area contributed by atoms with Gasteiger partial charge >= 0.3 is 0 Å². The zero-order valence-electron chi connectivity index (χ0n) is 10.9. The SMILES string of the molecule is CN(C)c1ccc(Cl)cc1-c1c[nH]c2ccccc12. The molecule has 3 heteroatoms. The number of rotatable bonds is 2. The molecule has 0 amide bonds. The highest BCUT2D eigenvalue weighted by atomic mass is 35.5. The van der Waals surface area contributed by atoms with Gasteiger partial charge in [0.1, 0.15) is 0 Å². The maximum atomic E-state index is 6.16. The monoisotopic (exact) mass is 270 g/mol. The number of benzene rings is 2. The number of fused-ring (bicyclic) bond motifs is 1. The fourth-order valence-corrected chi connectivity index (χ4v) is 2.58. The molecule has 2 aromatic carbocycles. The summed E-state index contributed by atoms with van der Waals surface area (Å²) in [6, 6.07) is 14.3. The number of H-pyrrole nitrogens is 1. The van der Waals surface area contributed by atoms with Crippen molar-refractivity contribution in [1.29, 1.82) is 0 Å². The summed E-state index contributed by atoms with van der Waals surface area (Å²) in [7, 11) is 4.09. The van der Waals surface area contributed by atoms with Crippen LogP contribution in [0.1, 0.15) is 0 Å². The van der Waals surface area contributed by atoms with Crippen molar-refractivity contribution in [2.45, 2.75) is 0 Å². The third-order valence-electron chi connectivity index (χ3n) is 3.32. The van der Waals surface area contributed by atoms with Crippen LogP contribution in [0, 0.1) is 0 Å². The minimum atomic E-state index is 0.755. The van der Waals surface area contributed by atoms with E-state index in [1.807, 2.05) is 38.5 Å². The summed E-state index contributed by atoms with van der Waals surface area (Å²) in [6.07, 6.45) is 2.04. The second-order valence-electron chi connectivity index (χ2n) is 4.80. The molecule has 3 aromatic rings. The lowest BCUT2D eigenvalue weighted by atomic mass is 10.0. The van der Waals surface area contributed by atoms with Gasteiger partial charge in [0, 0.05) is 53.0 Å². The zero-order valence-corrected chi connectivity index (χ0v) is 11.7. The van der Waals surface area contributed by atoms with Crippen LogP contribution in [0.4, 0.5) is 5.69 Å². The molecular formula is C16H15ClN2. The average molecular weight is 271 g/mol. The zero-order chi connectivity index (χ0) is 13.4. The lowest BCUT2D eigenvalue weighted by Gasteiger charge is -2.17. The van der Waals surface area contributed by atoms with Crippen LogP contribution in [0.25, 0.3) is 22.0 Å². The van der Waals surface area contributed by atoms with E-state index in [9.17, 15) is 0 Å². The van der Waals surface area contributed by atoms with E-state index in [1.165, 1.54) is 10.9 Å². The highest BCUT2D eigenvalue weighted by Gasteiger charge is 2.11. The molecule has 0 aliphatic carbocycles. The Balaban J connectivity index is 2.29. The molecule has 0 bridgehead atoms. The second kappa shape index (κ2) is 4.63. The van der Waals surface area contributed by atoms with E-state index < -0.39 is 0 Å². The summed E-state index contributed by atoms with van der Waals surface area (Å²) < 4.78 is 0. The molecule has 0 aliphatic heterocycles. The molecule has 0 radical (unpaired) electrons. The Bertz CT molecular complexity index is 728. The fraction of sp³-hybridized carbons (Fsp3) is 0.125. The first kappa shape index (κ1) is 12.1. The number of nitrogens with zero attached hydrogens (tertiary/aromatic N) is 1. The van der Waals surface area contributed by atoms with Crippen molar-refractivity contribution in [2.75, 3.05) is 19.0 Å². The van der Waals surface area contributed by atoms with Crippen LogP contribution in [0.2, 0.25) is 5.02 Å². The van der Waals surface area contributed by atoms with E-state index in [2.05, 4.69) is 34.1 Å². The van der Waals surface area contributed by atoms with Crippen LogP contribution in [0.3, 0.4) is 0 Å². The van der Waals surface area contributed by atoms with E-state index in [4.69, 9.17) is 11.6 Å². The molecule has 0 saturated heterocycles. The lowest BCUT2D eigenvalue weighted by Crippen LogP contribution is -2.09. The van der Waals surface area contributed by atoms with Crippen LogP contribution in [0.5, 0.6) is 0 Å². The molecule has 19 heavy (non-hydrogen) atoms. The van der Waals surface area contributed by atoms with Gasteiger partial charge in [0.05, 0.1) is 0 Å². The third-order valence-corrected chi connectivity index (χ3v) is 3.55. The Morgan fingerprint density at radius 3 is 2.58 bits per heavy atom. The molecule has 96 valence electrons. The first-order valence-corrected chi connectivity index (χ1v) is 6.58. The summed E-state index contributed by atoms with van der Waals surface area (Å²) in [5.74, 6) is 0. The van der Waals surface area contributed by atoms with Crippen LogP contribution in [-0.2, 0) is 0 Å². The van der Waals surface area contributed by atoms with Crippen LogP contribution < -0.4 is 4.90 Å². The summed E-state index contributed by atoms with van der Waals surface area (Å²) >= 11 is 6.16. The lowest BCUT2D eigenvalue weighted by molar-refractivity contribution is 1.13. The average Bonchev–Trinajstić information content (AvgIpc) is 2.82. The van der Waals surface area contributed by atoms with Gasteiger partial charge in [-0.25, -0.2) is 0 Å². The first-order valence-electron chi connectivity index (χ1n) is 6.20. The van der Waals surface area contributed by atoms with Gasteiger partial charge in [-0.1, -0.05) is 29.8 Å². The highest BCUT2D eigenvalue weighted by Crippen LogP contribution is 2.36. The normalized spacial score (nSPS) is 10.9. The van der Waals surface area contributed by atoms with E-state index in [1.54, 1.807) is 0 Å². The number of halogens is 1. The Kier molecular flexibility index (Phi) is 2.96. The van der Waals surface area contributed by atoms with Gasteiger partial charge in [-0.2, -0.15) is 0 Å². The Hall–Kier alpha value is -1.93. The molecule has 0 atom stereocenters. The summed E-state index contributed by atoms with van der Waals surface area (Å²) in [6.45, 7) is 0. The van der Waals surface area contributed by atoms with Gasteiger partial charge in [-0.15, -0.1) is 0 Å². The van der Waals surface area contributed by atoms with Gasteiger partial charge < -0.3 is 9.88 Å². The summed E-state index contributed by atoms with van der Waals surface area (Å²) in [5.41, 5.74) is 4.63. The molecule has 0 fully saturated rings. The van der Waals surface area contributed by atoms with Crippen LogP contribution in [-0.4, -0.2) is 19.1 Å². The third kappa shape index (κ3) is 2.08. The van der Waals surface area contributed by atoms with Gasteiger partial charge in [0.15, 0.2) is 0 Å². The molecule has 0 aliphatic rings. The molecule has 0 spiro atoms. The Morgan fingerprint density at radius 1 is 1.00 bits per heavy atom. The number of hydrogen-bond acceptors (Lipinski definition) is 1. The van der Waals surface area contributed by atoms with Crippen molar-refractivity contribution in [3.05, 3.63) is 53.7 Å². The van der Waals surface area contributed by atoms with Crippen molar-refractivity contribution in [1.82, 2.24) is 4.98 Å². The molecular weight excluding hydrogens is 256 g/mol. The number of hydrogen-bond donors (Lipinski definition) is 1. The number of aromatic amines is 1. The molecule has 1 N–H and O–H groups in total. The van der Waals surface area contributed by atoms with E-state index in [0.29, 0.717) is 0 Å². The topological polar surface area (TPSA) is 19.0 Å². The highest BCUT2D eigenvalue weighted by molar-refractivity contribution is 6.31. The molecule has 1 heterocycles. The largest absolute Gasteiger partial charge is 0.377 e. The number of para-hydroxylation sites is 1. The van der Waals surface area contributed by atoms with E-state index in [0.717, 1.165) is 21.8 Å². The first-order chi connectivity index (χ1) is 9.16. The fourth-order valence-electron chi connectivity index (χ4n) is 2.41. The van der Waals surface area contributed by atoms with Crippen molar-refractivity contribution < 1.29 is 0 Å². The summed E-state index contributed by atoms with van der Waals surface area (Å²) in [4.78, 5) is 5.42. The van der Waals surface area contributed by atoms with Crippen LogP contribution in [0.15, 0.2) is 48.7 Å². The second-order valence-corrected chi connectivity index (χ2v) is 5.24.